The van der Waals surface area contributed by atoms with E-state index in [1.54, 1.807) is 25.3 Å². The van der Waals surface area contributed by atoms with Crippen LogP contribution in [0, 0.1) is 0 Å². The largest absolute Gasteiger partial charge is 0.497 e. The van der Waals surface area contributed by atoms with Crippen molar-refractivity contribution in [2.24, 2.45) is 0 Å². The molecule has 0 bridgehead atoms. The second-order valence-electron chi connectivity index (χ2n) is 7.30. The molecule has 9 heteroatoms. The van der Waals surface area contributed by atoms with E-state index >= 15 is 0 Å². The Hall–Kier alpha value is -3.33. The summed E-state index contributed by atoms with van der Waals surface area (Å²) in [6, 6.07) is 12.8. The van der Waals surface area contributed by atoms with Crippen molar-refractivity contribution in [1.82, 2.24) is 14.8 Å². The van der Waals surface area contributed by atoms with Crippen LogP contribution in [0.15, 0.2) is 47.6 Å². The molecular weight excluding hydrogens is 428 g/mol. The number of methoxy groups -OCH3 is 1. The van der Waals surface area contributed by atoms with Crippen LogP contribution in [0.5, 0.6) is 11.5 Å². The third-order valence-electron chi connectivity index (χ3n) is 5.07. The van der Waals surface area contributed by atoms with Crippen molar-refractivity contribution in [2.45, 2.75) is 31.5 Å². The molecule has 1 aliphatic heterocycles. The molecular formula is C23H24N4O4S. The lowest BCUT2D eigenvalue weighted by Crippen LogP contribution is -2.25. The van der Waals surface area contributed by atoms with Crippen molar-refractivity contribution < 1.29 is 19.1 Å². The number of nitrogens with zero attached hydrogens (tertiary/aromatic N) is 3. The average Bonchev–Trinajstić information content (AvgIpc) is 3.23. The third-order valence-corrected chi connectivity index (χ3v) is 6.03. The first kappa shape index (κ1) is 21.9. The number of hydrogen-bond donors (Lipinski definition) is 1. The van der Waals surface area contributed by atoms with Gasteiger partial charge in [0.05, 0.1) is 18.6 Å². The fourth-order valence-corrected chi connectivity index (χ4v) is 4.20. The molecule has 1 aliphatic rings. The normalized spacial score (nSPS) is 12.6. The molecule has 0 aliphatic carbocycles. The quantitative estimate of drug-likeness (QED) is 0.386. The second-order valence-corrected chi connectivity index (χ2v) is 8.24. The number of carbonyl (C=O) groups is 2. The number of ketones is 1. The van der Waals surface area contributed by atoms with Crippen LogP contribution >= 0.6 is 11.8 Å². The molecule has 0 fully saturated rings. The number of rotatable bonds is 9. The fraction of sp³-hybridized carbons (Fsp3) is 0.304. The zero-order chi connectivity index (χ0) is 22.5. The molecule has 0 unspecified atom stereocenters. The maximum atomic E-state index is 12.8. The molecule has 0 atom stereocenters. The van der Waals surface area contributed by atoms with E-state index < -0.39 is 0 Å². The van der Waals surface area contributed by atoms with Gasteiger partial charge in [-0.3, -0.25) is 9.59 Å². The van der Waals surface area contributed by atoms with Crippen molar-refractivity contribution in [1.29, 1.82) is 0 Å². The number of amides is 1. The van der Waals surface area contributed by atoms with Gasteiger partial charge in [0, 0.05) is 17.7 Å². The Kier molecular flexibility index (Phi) is 6.75. The van der Waals surface area contributed by atoms with Crippen LogP contribution in [0.2, 0.25) is 0 Å². The number of aromatic nitrogens is 3. The smallest absolute Gasteiger partial charge is 0.262 e. The minimum absolute atomic E-state index is 0.0138. The van der Waals surface area contributed by atoms with Gasteiger partial charge in [-0.15, -0.1) is 10.2 Å². The van der Waals surface area contributed by atoms with E-state index in [1.807, 2.05) is 24.3 Å². The molecule has 2 heterocycles. The number of Topliss-reactive ketones (excluding diaryl/α,β-unsaturated/α-hetero) is 1. The predicted octanol–water partition coefficient (Wildman–Crippen LogP) is 4.06. The summed E-state index contributed by atoms with van der Waals surface area (Å²) >= 11 is 1.36. The molecule has 166 valence electrons. The number of thioether (sulfide) groups is 1. The molecule has 4 rings (SSSR count). The lowest BCUT2D eigenvalue weighted by Gasteiger charge is -2.18. The van der Waals surface area contributed by atoms with Crippen molar-refractivity contribution in [2.75, 3.05) is 24.8 Å². The van der Waals surface area contributed by atoms with Crippen LogP contribution in [0.3, 0.4) is 0 Å². The minimum Gasteiger partial charge on any atom is -0.497 e. The minimum atomic E-state index is -0.230. The van der Waals surface area contributed by atoms with Gasteiger partial charge >= 0.3 is 0 Å². The second kappa shape index (κ2) is 9.86. The van der Waals surface area contributed by atoms with Crippen LogP contribution in [-0.2, 0) is 11.3 Å². The summed E-state index contributed by atoms with van der Waals surface area (Å²) in [6.07, 6.45) is 2.01. The Morgan fingerprint density at radius 3 is 2.78 bits per heavy atom. The van der Waals surface area contributed by atoms with Crippen LogP contribution in [-0.4, -0.2) is 45.9 Å². The van der Waals surface area contributed by atoms with Gasteiger partial charge in [-0.1, -0.05) is 25.1 Å². The SMILES string of the molecule is CCCCn1c(SCC(=O)c2ccc3c(c2)NC(=O)CO3)nnc1-c1ccc(OC)cc1. The van der Waals surface area contributed by atoms with Gasteiger partial charge in [0.15, 0.2) is 23.4 Å². The van der Waals surface area contributed by atoms with Gasteiger partial charge in [0.1, 0.15) is 11.5 Å². The van der Waals surface area contributed by atoms with Crippen molar-refractivity contribution in [3.8, 4) is 22.9 Å². The number of nitrogens with one attached hydrogen (secondary N) is 1. The van der Waals surface area contributed by atoms with Gasteiger partial charge < -0.3 is 19.4 Å². The number of anilines is 1. The molecule has 0 saturated heterocycles. The van der Waals surface area contributed by atoms with Gasteiger partial charge in [-0.2, -0.15) is 0 Å². The Balaban J connectivity index is 1.51. The number of hydrogen-bond acceptors (Lipinski definition) is 7. The number of unbranched alkanes of at least 4 members (excludes halogenated alkanes) is 1. The maximum Gasteiger partial charge on any atom is 0.262 e. The first-order valence-corrected chi connectivity index (χ1v) is 11.4. The zero-order valence-corrected chi connectivity index (χ0v) is 18.8. The predicted molar refractivity (Wildman–Crippen MR) is 123 cm³/mol. The topological polar surface area (TPSA) is 95.3 Å². The summed E-state index contributed by atoms with van der Waals surface area (Å²) in [5.41, 5.74) is 1.97. The third kappa shape index (κ3) is 4.77. The fourth-order valence-electron chi connectivity index (χ4n) is 3.34. The van der Waals surface area contributed by atoms with Crippen LogP contribution in [0.1, 0.15) is 30.1 Å². The molecule has 1 amide bonds. The highest BCUT2D eigenvalue weighted by atomic mass is 32.2. The lowest BCUT2D eigenvalue weighted by molar-refractivity contribution is -0.118. The van der Waals surface area contributed by atoms with Crippen molar-refractivity contribution >= 4 is 29.1 Å². The number of fused-ring (bicyclic) bond motifs is 1. The summed E-state index contributed by atoms with van der Waals surface area (Å²) in [4.78, 5) is 24.4. The van der Waals surface area contributed by atoms with Gasteiger partial charge in [-0.05, 0) is 48.9 Å². The van der Waals surface area contributed by atoms with E-state index in [4.69, 9.17) is 9.47 Å². The summed E-state index contributed by atoms with van der Waals surface area (Å²) < 4.78 is 12.7. The summed E-state index contributed by atoms with van der Waals surface area (Å²) in [6.45, 7) is 2.88. The Bertz CT molecular complexity index is 1130. The van der Waals surface area contributed by atoms with E-state index in [0.717, 1.165) is 36.5 Å². The molecule has 1 aromatic heterocycles. The van der Waals surface area contributed by atoms with Crippen LogP contribution in [0.25, 0.3) is 11.4 Å². The number of benzene rings is 2. The highest BCUT2D eigenvalue weighted by molar-refractivity contribution is 7.99. The Morgan fingerprint density at radius 2 is 2.03 bits per heavy atom. The molecule has 0 saturated carbocycles. The van der Waals surface area contributed by atoms with E-state index in [0.29, 0.717) is 22.2 Å². The van der Waals surface area contributed by atoms with E-state index in [1.165, 1.54) is 11.8 Å². The van der Waals surface area contributed by atoms with Gasteiger partial charge in [0.25, 0.3) is 5.91 Å². The molecule has 32 heavy (non-hydrogen) atoms. The molecule has 3 aromatic rings. The lowest BCUT2D eigenvalue weighted by atomic mass is 10.1. The zero-order valence-electron chi connectivity index (χ0n) is 18.0. The van der Waals surface area contributed by atoms with Gasteiger partial charge in [0.2, 0.25) is 0 Å². The first-order valence-electron chi connectivity index (χ1n) is 10.4. The Labute approximate surface area is 190 Å². The number of carbonyl (C=O) groups excluding carboxylic acids is 2. The molecule has 8 nitrogen and oxygen atoms in total. The summed E-state index contributed by atoms with van der Waals surface area (Å²) in [5, 5.41) is 12.2. The first-order chi connectivity index (χ1) is 15.6. The molecule has 0 spiro atoms. The standard InChI is InChI=1S/C23H24N4O4S/c1-3-4-11-27-22(15-5-8-17(30-2)9-6-15)25-26-23(27)32-14-19(28)16-7-10-20-18(12-16)24-21(29)13-31-20/h5-10,12H,3-4,11,13-14H2,1-2H3,(H,24,29). The van der Waals surface area contributed by atoms with Crippen molar-refractivity contribution in [3.63, 3.8) is 0 Å². The maximum absolute atomic E-state index is 12.8. The highest BCUT2D eigenvalue weighted by Crippen LogP contribution is 2.30. The monoisotopic (exact) mass is 452 g/mol. The molecule has 1 N–H and O–H groups in total. The van der Waals surface area contributed by atoms with E-state index in [-0.39, 0.29) is 24.1 Å². The van der Waals surface area contributed by atoms with E-state index in [2.05, 4.69) is 27.0 Å². The van der Waals surface area contributed by atoms with E-state index in [9.17, 15) is 9.59 Å². The average molecular weight is 453 g/mol. The van der Waals surface area contributed by atoms with Crippen LogP contribution < -0.4 is 14.8 Å². The van der Waals surface area contributed by atoms with Gasteiger partial charge in [-0.25, -0.2) is 0 Å². The highest BCUT2D eigenvalue weighted by Gasteiger charge is 2.19. The number of ether oxygens (including phenoxy) is 2. The molecule has 0 radical (unpaired) electrons. The molecule has 2 aromatic carbocycles. The van der Waals surface area contributed by atoms with Crippen molar-refractivity contribution in [3.05, 3.63) is 48.0 Å². The van der Waals surface area contributed by atoms with Crippen LogP contribution in [0.4, 0.5) is 5.69 Å². The summed E-state index contributed by atoms with van der Waals surface area (Å²) in [5.74, 6) is 2.03. The Morgan fingerprint density at radius 1 is 1.22 bits per heavy atom. The summed E-state index contributed by atoms with van der Waals surface area (Å²) in [7, 11) is 1.63.